The van der Waals surface area contributed by atoms with Crippen molar-refractivity contribution >= 4 is 21.8 Å². The number of ether oxygens (including phenoxy) is 1. The number of nitrogens with zero attached hydrogens (tertiary/aromatic N) is 1. The summed E-state index contributed by atoms with van der Waals surface area (Å²) < 4.78 is 6.40. The molecule has 4 nitrogen and oxygen atoms in total. The van der Waals surface area contributed by atoms with E-state index in [-0.39, 0.29) is 19.1 Å². The van der Waals surface area contributed by atoms with Gasteiger partial charge in [0.25, 0.3) is 5.91 Å². The van der Waals surface area contributed by atoms with E-state index < -0.39 is 0 Å². The standard InChI is InChI=1S/C14H20BrNO3/c1-16(9-3-2-4-10-17)14(18)11-19-13-7-5-12(15)6-8-13/h5-8,17H,2-4,9-11H2,1H3. The van der Waals surface area contributed by atoms with Gasteiger partial charge in [0.2, 0.25) is 0 Å². The lowest BCUT2D eigenvalue weighted by molar-refractivity contribution is -0.132. The van der Waals surface area contributed by atoms with Crippen molar-refractivity contribution < 1.29 is 14.6 Å². The van der Waals surface area contributed by atoms with Crippen LogP contribution in [-0.2, 0) is 4.79 Å². The Morgan fingerprint density at radius 3 is 2.58 bits per heavy atom. The van der Waals surface area contributed by atoms with Gasteiger partial charge in [-0.25, -0.2) is 0 Å². The summed E-state index contributed by atoms with van der Waals surface area (Å²) >= 11 is 3.34. The van der Waals surface area contributed by atoms with Gasteiger partial charge in [-0.05, 0) is 43.5 Å². The Morgan fingerprint density at radius 2 is 1.95 bits per heavy atom. The Bertz CT molecular complexity index is 381. The molecule has 0 atom stereocenters. The lowest BCUT2D eigenvalue weighted by Crippen LogP contribution is -2.32. The molecule has 19 heavy (non-hydrogen) atoms. The molecule has 5 heteroatoms. The van der Waals surface area contributed by atoms with Crippen molar-refractivity contribution in [3.63, 3.8) is 0 Å². The van der Waals surface area contributed by atoms with Crippen LogP contribution in [0.15, 0.2) is 28.7 Å². The highest BCUT2D eigenvalue weighted by molar-refractivity contribution is 9.10. The van der Waals surface area contributed by atoms with E-state index in [0.717, 1.165) is 23.7 Å². The molecule has 106 valence electrons. The second kappa shape index (κ2) is 8.93. The van der Waals surface area contributed by atoms with Gasteiger partial charge in [0.15, 0.2) is 6.61 Å². The molecule has 0 spiro atoms. The zero-order valence-corrected chi connectivity index (χ0v) is 12.7. The fourth-order valence-corrected chi connectivity index (χ4v) is 1.81. The SMILES string of the molecule is CN(CCCCCO)C(=O)COc1ccc(Br)cc1. The molecule has 1 aromatic rings. The van der Waals surface area contributed by atoms with Crippen LogP contribution in [0.1, 0.15) is 19.3 Å². The molecule has 0 aliphatic carbocycles. The van der Waals surface area contributed by atoms with Crippen molar-refractivity contribution in [3.8, 4) is 5.75 Å². The predicted molar refractivity (Wildman–Crippen MR) is 78.2 cm³/mol. The summed E-state index contributed by atoms with van der Waals surface area (Å²) in [6, 6.07) is 7.38. The fraction of sp³-hybridized carbons (Fsp3) is 0.500. The molecule has 1 aromatic carbocycles. The third-order valence-corrected chi connectivity index (χ3v) is 3.28. The summed E-state index contributed by atoms with van der Waals surface area (Å²) in [5, 5.41) is 8.67. The maximum absolute atomic E-state index is 11.8. The van der Waals surface area contributed by atoms with E-state index >= 15 is 0 Å². The summed E-state index contributed by atoms with van der Waals surface area (Å²) in [5.74, 6) is 0.650. The zero-order valence-electron chi connectivity index (χ0n) is 11.1. The number of carbonyl (C=O) groups excluding carboxylic acids is 1. The average molecular weight is 330 g/mol. The fourth-order valence-electron chi connectivity index (χ4n) is 1.55. The minimum absolute atomic E-state index is 0.0353. The van der Waals surface area contributed by atoms with E-state index in [1.54, 1.807) is 11.9 Å². The molecule has 0 saturated carbocycles. The Morgan fingerprint density at radius 1 is 1.26 bits per heavy atom. The van der Waals surface area contributed by atoms with Crippen LogP contribution in [-0.4, -0.2) is 42.7 Å². The molecule has 0 unspecified atom stereocenters. The van der Waals surface area contributed by atoms with Gasteiger partial charge in [-0.1, -0.05) is 15.9 Å². The van der Waals surface area contributed by atoms with Gasteiger partial charge in [-0.3, -0.25) is 4.79 Å². The molecule has 0 bridgehead atoms. The Balaban J connectivity index is 2.24. The normalized spacial score (nSPS) is 10.3. The van der Waals surface area contributed by atoms with E-state index in [9.17, 15) is 4.79 Å². The van der Waals surface area contributed by atoms with Crippen LogP contribution in [0, 0.1) is 0 Å². The van der Waals surface area contributed by atoms with Crippen LogP contribution in [0.2, 0.25) is 0 Å². The molecule has 0 aliphatic heterocycles. The number of halogens is 1. The molecule has 1 rings (SSSR count). The first kappa shape index (κ1) is 16.0. The molecule has 1 N–H and O–H groups in total. The highest BCUT2D eigenvalue weighted by Gasteiger charge is 2.08. The maximum Gasteiger partial charge on any atom is 0.260 e. The van der Waals surface area contributed by atoms with E-state index in [4.69, 9.17) is 9.84 Å². The lowest BCUT2D eigenvalue weighted by Gasteiger charge is -2.17. The van der Waals surface area contributed by atoms with Crippen LogP contribution in [0.25, 0.3) is 0 Å². The second-order valence-electron chi connectivity index (χ2n) is 4.34. The van der Waals surface area contributed by atoms with Gasteiger partial charge in [-0.15, -0.1) is 0 Å². The van der Waals surface area contributed by atoms with E-state index in [1.807, 2.05) is 24.3 Å². The lowest BCUT2D eigenvalue weighted by atomic mass is 10.2. The summed E-state index contributed by atoms with van der Waals surface area (Å²) in [6.45, 7) is 0.963. The van der Waals surface area contributed by atoms with Gasteiger partial charge >= 0.3 is 0 Å². The molecular formula is C14H20BrNO3. The largest absolute Gasteiger partial charge is 0.484 e. The van der Waals surface area contributed by atoms with Crippen LogP contribution in [0.4, 0.5) is 0 Å². The predicted octanol–water partition coefficient (Wildman–Crippen LogP) is 2.45. The number of unbranched alkanes of at least 4 members (excludes halogenated alkanes) is 2. The number of benzene rings is 1. The Hall–Kier alpha value is -1.07. The number of rotatable bonds is 8. The first-order valence-electron chi connectivity index (χ1n) is 6.36. The summed E-state index contributed by atoms with van der Waals surface area (Å²) in [7, 11) is 1.77. The summed E-state index contributed by atoms with van der Waals surface area (Å²) in [6.07, 6.45) is 2.63. The third kappa shape index (κ3) is 6.59. The Kier molecular flexibility index (Phi) is 7.52. The number of aliphatic hydroxyl groups is 1. The van der Waals surface area contributed by atoms with Crippen molar-refractivity contribution in [1.82, 2.24) is 4.90 Å². The second-order valence-corrected chi connectivity index (χ2v) is 5.26. The number of hydrogen-bond donors (Lipinski definition) is 1. The maximum atomic E-state index is 11.8. The monoisotopic (exact) mass is 329 g/mol. The van der Waals surface area contributed by atoms with Crippen LogP contribution < -0.4 is 4.74 Å². The highest BCUT2D eigenvalue weighted by atomic mass is 79.9. The smallest absolute Gasteiger partial charge is 0.260 e. The molecule has 0 aromatic heterocycles. The molecule has 0 heterocycles. The van der Waals surface area contributed by atoms with E-state index in [0.29, 0.717) is 12.3 Å². The minimum Gasteiger partial charge on any atom is -0.484 e. The van der Waals surface area contributed by atoms with Gasteiger partial charge < -0.3 is 14.7 Å². The molecule has 0 saturated heterocycles. The number of likely N-dealkylation sites (N-methyl/N-ethyl adjacent to an activating group) is 1. The van der Waals surface area contributed by atoms with Crippen molar-refractivity contribution in [3.05, 3.63) is 28.7 Å². The van der Waals surface area contributed by atoms with Crippen molar-refractivity contribution in [2.75, 3.05) is 26.8 Å². The molecule has 0 fully saturated rings. The third-order valence-electron chi connectivity index (χ3n) is 2.75. The molecular weight excluding hydrogens is 310 g/mol. The van der Waals surface area contributed by atoms with Crippen molar-refractivity contribution in [1.29, 1.82) is 0 Å². The average Bonchev–Trinajstić information content (AvgIpc) is 2.42. The van der Waals surface area contributed by atoms with Crippen molar-refractivity contribution in [2.45, 2.75) is 19.3 Å². The molecule has 1 amide bonds. The zero-order chi connectivity index (χ0) is 14.1. The van der Waals surface area contributed by atoms with Crippen LogP contribution in [0.5, 0.6) is 5.75 Å². The van der Waals surface area contributed by atoms with Crippen LogP contribution >= 0.6 is 15.9 Å². The van der Waals surface area contributed by atoms with Crippen molar-refractivity contribution in [2.24, 2.45) is 0 Å². The van der Waals surface area contributed by atoms with Gasteiger partial charge in [0.1, 0.15) is 5.75 Å². The molecule has 0 aliphatic rings. The number of carbonyl (C=O) groups is 1. The highest BCUT2D eigenvalue weighted by Crippen LogP contribution is 2.16. The number of hydrogen-bond acceptors (Lipinski definition) is 3. The summed E-state index contributed by atoms with van der Waals surface area (Å²) in [4.78, 5) is 13.5. The van der Waals surface area contributed by atoms with Gasteiger partial charge in [-0.2, -0.15) is 0 Å². The summed E-state index contributed by atoms with van der Waals surface area (Å²) in [5.41, 5.74) is 0. The number of aliphatic hydroxyl groups excluding tert-OH is 1. The first-order chi connectivity index (χ1) is 9.13. The number of amides is 1. The Labute approximate surface area is 122 Å². The first-order valence-corrected chi connectivity index (χ1v) is 7.16. The minimum atomic E-state index is -0.0353. The van der Waals surface area contributed by atoms with Crippen LogP contribution in [0.3, 0.4) is 0 Å². The van der Waals surface area contributed by atoms with E-state index in [1.165, 1.54) is 0 Å². The van der Waals surface area contributed by atoms with Gasteiger partial charge in [0, 0.05) is 24.7 Å². The molecule has 0 radical (unpaired) electrons. The van der Waals surface area contributed by atoms with E-state index in [2.05, 4.69) is 15.9 Å². The quantitative estimate of drug-likeness (QED) is 0.745. The topological polar surface area (TPSA) is 49.8 Å². The van der Waals surface area contributed by atoms with Gasteiger partial charge in [0.05, 0.1) is 0 Å².